The Morgan fingerprint density at radius 1 is 0.917 bits per heavy atom. The lowest BCUT2D eigenvalue weighted by Crippen LogP contribution is -2.45. The summed E-state index contributed by atoms with van der Waals surface area (Å²) in [5.41, 5.74) is 0. The van der Waals surface area contributed by atoms with Crippen LogP contribution in [0.4, 0.5) is 0 Å². The molecule has 3 nitrogen and oxygen atoms in total. The second-order valence-electron chi connectivity index (χ2n) is 3.73. The minimum absolute atomic E-state index is 0.161. The van der Waals surface area contributed by atoms with E-state index in [4.69, 9.17) is 13.7 Å². The second kappa shape index (κ2) is 4.35. The summed E-state index contributed by atoms with van der Waals surface area (Å²) >= 11 is 0. The number of hydrogen-bond acceptors (Lipinski definition) is 3. The topological polar surface area (TPSA) is 27.7 Å². The van der Waals surface area contributed by atoms with E-state index in [0.29, 0.717) is 11.6 Å². The van der Waals surface area contributed by atoms with E-state index in [-0.39, 0.29) is 14.2 Å². The average Bonchev–Trinajstić information content (AvgIpc) is 2.04. The van der Waals surface area contributed by atoms with Crippen molar-refractivity contribution in [3.63, 3.8) is 0 Å². The molecule has 0 spiro atoms. The molecule has 0 saturated carbocycles. The first-order chi connectivity index (χ1) is 5.61. The van der Waals surface area contributed by atoms with Crippen molar-refractivity contribution in [2.45, 2.75) is 39.3 Å². The first-order valence-corrected chi connectivity index (χ1v) is 4.39. The summed E-state index contributed by atoms with van der Waals surface area (Å²) in [7, 11) is 1.07. The van der Waals surface area contributed by atoms with E-state index in [0.717, 1.165) is 0 Å². The summed E-state index contributed by atoms with van der Waals surface area (Å²) in [6.07, 6.45) is 0. The van der Waals surface area contributed by atoms with E-state index in [1.807, 2.05) is 0 Å². The minimum atomic E-state index is -0.161. The molecular formula is C6H14B3O3. The molecule has 0 unspecified atom stereocenters. The molecule has 6 heteroatoms. The number of hydrogen-bond donors (Lipinski definition) is 0. The van der Waals surface area contributed by atoms with Crippen molar-refractivity contribution in [2.24, 2.45) is 0 Å². The molecule has 0 aromatic rings. The zero-order valence-electron chi connectivity index (χ0n) is 8.11. The highest BCUT2D eigenvalue weighted by molar-refractivity contribution is 6.69. The van der Waals surface area contributed by atoms with Crippen molar-refractivity contribution in [1.82, 2.24) is 0 Å². The lowest BCUT2D eigenvalue weighted by Gasteiger charge is -2.29. The van der Waals surface area contributed by atoms with Gasteiger partial charge in [0.2, 0.25) is 0 Å². The van der Waals surface area contributed by atoms with Crippen molar-refractivity contribution < 1.29 is 13.7 Å². The quantitative estimate of drug-likeness (QED) is 0.581. The molecule has 0 aliphatic carbocycles. The third kappa shape index (κ3) is 2.54. The Bertz CT molecular complexity index is 128. The zero-order valence-corrected chi connectivity index (χ0v) is 8.11. The van der Waals surface area contributed by atoms with Crippen LogP contribution in [0.25, 0.3) is 0 Å². The number of rotatable bonds is 2. The predicted octanol–water partition coefficient (Wildman–Crippen LogP) is 1.38. The third-order valence-electron chi connectivity index (χ3n) is 1.74. The van der Waals surface area contributed by atoms with Crippen LogP contribution in [0.5, 0.6) is 0 Å². The lowest BCUT2D eigenvalue weighted by molar-refractivity contribution is 0.287. The van der Waals surface area contributed by atoms with Crippen molar-refractivity contribution in [3.8, 4) is 0 Å². The van der Waals surface area contributed by atoms with Crippen molar-refractivity contribution in [2.75, 3.05) is 0 Å². The van der Waals surface area contributed by atoms with E-state index in [2.05, 4.69) is 27.7 Å². The van der Waals surface area contributed by atoms with Crippen LogP contribution in [0.1, 0.15) is 27.7 Å². The summed E-state index contributed by atoms with van der Waals surface area (Å²) in [6.45, 7) is 8.23. The summed E-state index contributed by atoms with van der Waals surface area (Å²) in [6, 6.07) is 0. The fourth-order valence-electron chi connectivity index (χ4n) is 0.966. The molecule has 0 aromatic heterocycles. The van der Waals surface area contributed by atoms with Crippen LogP contribution in [0.15, 0.2) is 0 Å². The van der Waals surface area contributed by atoms with Crippen LogP contribution in [0.2, 0.25) is 11.6 Å². The average molecular weight is 167 g/mol. The summed E-state index contributed by atoms with van der Waals surface area (Å²) in [4.78, 5) is 0. The van der Waals surface area contributed by atoms with Gasteiger partial charge in [0, 0.05) is 0 Å². The third-order valence-corrected chi connectivity index (χ3v) is 1.74. The van der Waals surface area contributed by atoms with Gasteiger partial charge in [0.05, 0.1) is 0 Å². The molecule has 1 heterocycles. The van der Waals surface area contributed by atoms with Gasteiger partial charge in [0.25, 0.3) is 0 Å². The van der Waals surface area contributed by atoms with E-state index >= 15 is 0 Å². The molecule has 0 N–H and O–H groups in total. The molecule has 65 valence electrons. The van der Waals surface area contributed by atoms with Gasteiger partial charge in [0.15, 0.2) is 0 Å². The van der Waals surface area contributed by atoms with E-state index in [1.165, 1.54) is 7.69 Å². The highest BCUT2D eigenvalue weighted by Crippen LogP contribution is 2.20. The highest BCUT2D eigenvalue weighted by atomic mass is 16.7. The Hall–Kier alpha value is 0.0748. The molecule has 1 saturated heterocycles. The van der Waals surface area contributed by atoms with E-state index < -0.39 is 0 Å². The van der Waals surface area contributed by atoms with Gasteiger partial charge < -0.3 is 13.7 Å². The van der Waals surface area contributed by atoms with Crippen molar-refractivity contribution >= 4 is 21.9 Å². The van der Waals surface area contributed by atoms with Crippen LogP contribution in [-0.4, -0.2) is 21.9 Å². The van der Waals surface area contributed by atoms with Gasteiger partial charge in [0.1, 0.15) is 0 Å². The van der Waals surface area contributed by atoms with Gasteiger partial charge in [-0.15, -0.1) is 0 Å². The van der Waals surface area contributed by atoms with Crippen molar-refractivity contribution in [1.29, 1.82) is 0 Å². The second-order valence-corrected chi connectivity index (χ2v) is 3.73. The first kappa shape index (κ1) is 10.2. The molecule has 12 heavy (non-hydrogen) atoms. The van der Waals surface area contributed by atoms with Gasteiger partial charge in [-0.05, 0) is 11.6 Å². The molecule has 1 fully saturated rings. The maximum Gasteiger partial charge on any atom is 0.458 e. The predicted molar refractivity (Wildman–Crippen MR) is 50.7 cm³/mol. The molecule has 1 aliphatic heterocycles. The molecule has 0 amide bonds. The standard InChI is InChI=1S/C6H14B3O3/c1-5(2)8-10-7-11-9(12-8)6(3)4/h5-6H,1-4H3. The van der Waals surface area contributed by atoms with Gasteiger partial charge in [-0.3, -0.25) is 0 Å². The smallest absolute Gasteiger partial charge is 0.455 e. The Kier molecular flexibility index (Phi) is 3.68. The van der Waals surface area contributed by atoms with Crippen LogP contribution in [0.3, 0.4) is 0 Å². The highest BCUT2D eigenvalue weighted by Gasteiger charge is 2.36. The van der Waals surface area contributed by atoms with Crippen molar-refractivity contribution in [3.05, 3.63) is 0 Å². The summed E-state index contributed by atoms with van der Waals surface area (Å²) in [5.74, 6) is 0.706. The van der Waals surface area contributed by atoms with Crippen LogP contribution < -0.4 is 0 Å². The van der Waals surface area contributed by atoms with E-state index in [1.54, 1.807) is 0 Å². The maximum atomic E-state index is 5.53. The molecule has 0 atom stereocenters. The summed E-state index contributed by atoms with van der Waals surface area (Å²) < 4.78 is 15.8. The monoisotopic (exact) mass is 167 g/mol. The molecule has 1 radical (unpaired) electrons. The zero-order chi connectivity index (χ0) is 9.14. The van der Waals surface area contributed by atoms with Gasteiger partial charge >= 0.3 is 21.9 Å². The van der Waals surface area contributed by atoms with Gasteiger partial charge in [-0.2, -0.15) is 0 Å². The lowest BCUT2D eigenvalue weighted by atomic mass is 9.63. The fraction of sp³-hybridized carbons (Fsp3) is 1.00. The SMILES string of the molecule is CC(C)B1O[B]OB(C(C)C)O1. The minimum Gasteiger partial charge on any atom is -0.455 e. The molecule has 1 rings (SSSR count). The largest absolute Gasteiger partial charge is 0.458 e. The molecule has 0 aromatic carbocycles. The molecule has 0 bridgehead atoms. The van der Waals surface area contributed by atoms with Crippen LogP contribution in [-0.2, 0) is 13.7 Å². The summed E-state index contributed by atoms with van der Waals surface area (Å²) in [5, 5.41) is 0. The van der Waals surface area contributed by atoms with Gasteiger partial charge in [-0.1, -0.05) is 27.7 Å². The first-order valence-electron chi connectivity index (χ1n) is 4.39. The molecular weight excluding hydrogens is 152 g/mol. The normalized spacial score (nSPS) is 18.8. The Morgan fingerprint density at radius 3 is 1.67 bits per heavy atom. The van der Waals surface area contributed by atoms with E-state index in [9.17, 15) is 0 Å². The Morgan fingerprint density at radius 2 is 1.33 bits per heavy atom. The fourth-order valence-corrected chi connectivity index (χ4v) is 0.966. The molecule has 1 aliphatic rings. The van der Waals surface area contributed by atoms with Crippen LogP contribution in [0, 0.1) is 0 Å². The Balaban J connectivity index is 2.40. The van der Waals surface area contributed by atoms with Crippen LogP contribution >= 0.6 is 0 Å². The maximum absolute atomic E-state index is 5.53. The Labute approximate surface area is 75.7 Å². The van der Waals surface area contributed by atoms with Gasteiger partial charge in [-0.25, -0.2) is 0 Å².